The Morgan fingerprint density at radius 3 is 2.63 bits per heavy atom. The van der Waals surface area contributed by atoms with Gasteiger partial charge in [0.2, 0.25) is 0 Å². The van der Waals surface area contributed by atoms with E-state index in [9.17, 15) is 14.7 Å². The van der Waals surface area contributed by atoms with Gasteiger partial charge in [-0.3, -0.25) is 4.79 Å². The molecule has 2 N–H and O–H groups in total. The van der Waals surface area contributed by atoms with Gasteiger partial charge in [-0.05, 0) is 43.2 Å². The highest BCUT2D eigenvalue weighted by Crippen LogP contribution is 2.27. The van der Waals surface area contributed by atoms with Crippen LogP contribution < -0.4 is 5.32 Å². The van der Waals surface area contributed by atoms with Crippen LogP contribution in [-0.2, 0) is 6.54 Å². The molecule has 0 saturated carbocycles. The summed E-state index contributed by atoms with van der Waals surface area (Å²) in [6.07, 6.45) is 1.98. The number of rotatable bonds is 6. The monoisotopic (exact) mass is 384 g/mol. The summed E-state index contributed by atoms with van der Waals surface area (Å²) < 4.78 is 2.04. The summed E-state index contributed by atoms with van der Waals surface area (Å²) in [5, 5.41) is 13.2. The first-order valence-electron chi connectivity index (χ1n) is 8.86. The molecule has 0 saturated heterocycles. The zero-order valence-electron chi connectivity index (χ0n) is 15.3. The van der Waals surface area contributed by atoms with Gasteiger partial charge in [0.15, 0.2) is 0 Å². The molecular weight excluding hydrogens is 364 g/mol. The molecule has 0 bridgehead atoms. The quantitative estimate of drug-likeness (QED) is 0.601. The van der Waals surface area contributed by atoms with Crippen LogP contribution in [-0.4, -0.2) is 21.6 Å². The molecule has 27 heavy (non-hydrogen) atoms. The zero-order valence-corrected chi connectivity index (χ0v) is 16.0. The topological polar surface area (TPSA) is 71.3 Å². The fourth-order valence-corrected chi connectivity index (χ4v) is 3.47. The lowest BCUT2D eigenvalue weighted by atomic mass is 10.1. The first kappa shape index (κ1) is 19.0. The Hall–Kier alpha value is -2.79. The molecule has 0 fully saturated rings. The number of carbonyl (C=O) groups is 2. The predicted molar refractivity (Wildman–Crippen MR) is 108 cm³/mol. The molecule has 5 nitrogen and oxygen atoms in total. The Morgan fingerprint density at radius 1 is 1.19 bits per heavy atom. The molecule has 0 unspecified atom stereocenters. The molecule has 2 aromatic carbocycles. The summed E-state index contributed by atoms with van der Waals surface area (Å²) in [7, 11) is 0. The number of anilines is 1. The maximum absolute atomic E-state index is 13.0. The van der Waals surface area contributed by atoms with E-state index in [1.54, 1.807) is 6.07 Å². The Kier molecular flexibility index (Phi) is 5.51. The van der Waals surface area contributed by atoms with Gasteiger partial charge in [0.25, 0.3) is 5.91 Å². The molecule has 0 aliphatic heterocycles. The Labute approximate surface area is 162 Å². The molecule has 1 heterocycles. The number of hydrogen-bond donors (Lipinski definition) is 2. The van der Waals surface area contributed by atoms with Crippen LogP contribution in [0.3, 0.4) is 0 Å². The lowest BCUT2D eigenvalue weighted by molar-refractivity contribution is 0.0696. The summed E-state index contributed by atoms with van der Waals surface area (Å²) in [4.78, 5) is 24.3. The van der Waals surface area contributed by atoms with Gasteiger partial charge in [0.05, 0.1) is 10.6 Å². The maximum atomic E-state index is 13.0. The highest BCUT2D eigenvalue weighted by Gasteiger charge is 2.20. The molecule has 140 valence electrons. The number of fused-ring (bicyclic) bond motifs is 1. The number of para-hydroxylation sites is 1. The van der Waals surface area contributed by atoms with E-state index < -0.39 is 5.97 Å². The van der Waals surface area contributed by atoms with Crippen LogP contribution in [0.2, 0.25) is 5.02 Å². The van der Waals surface area contributed by atoms with Crippen molar-refractivity contribution in [2.45, 2.75) is 33.2 Å². The van der Waals surface area contributed by atoms with Crippen LogP contribution >= 0.6 is 11.6 Å². The van der Waals surface area contributed by atoms with Crippen LogP contribution in [0.1, 0.15) is 46.2 Å². The minimum atomic E-state index is -1.13. The van der Waals surface area contributed by atoms with Crippen molar-refractivity contribution in [2.75, 3.05) is 5.32 Å². The minimum absolute atomic E-state index is 0.0438. The Balaban J connectivity index is 2.02. The fourth-order valence-electron chi connectivity index (χ4n) is 3.28. The van der Waals surface area contributed by atoms with Crippen LogP contribution in [0, 0.1) is 6.92 Å². The van der Waals surface area contributed by atoms with E-state index in [0.717, 1.165) is 35.9 Å². The molecule has 0 spiro atoms. The largest absolute Gasteiger partial charge is 0.478 e. The third-order valence-electron chi connectivity index (χ3n) is 4.63. The molecule has 3 aromatic rings. The van der Waals surface area contributed by atoms with Crippen molar-refractivity contribution in [3.05, 3.63) is 64.3 Å². The van der Waals surface area contributed by atoms with E-state index in [1.807, 2.05) is 35.8 Å². The molecule has 6 heteroatoms. The lowest BCUT2D eigenvalue weighted by Crippen LogP contribution is -2.18. The average molecular weight is 385 g/mol. The molecule has 0 aliphatic carbocycles. The van der Waals surface area contributed by atoms with Crippen molar-refractivity contribution in [2.24, 2.45) is 0 Å². The number of amides is 1. The van der Waals surface area contributed by atoms with Crippen molar-refractivity contribution >= 4 is 40.1 Å². The lowest BCUT2D eigenvalue weighted by Gasteiger charge is -2.12. The smallest absolute Gasteiger partial charge is 0.337 e. The van der Waals surface area contributed by atoms with Crippen LogP contribution in [0.25, 0.3) is 10.9 Å². The number of carbonyl (C=O) groups excluding carboxylic acids is 1. The van der Waals surface area contributed by atoms with E-state index in [2.05, 4.69) is 12.2 Å². The fraction of sp³-hybridized carbons (Fsp3) is 0.238. The number of aryl methyl sites for hydroxylation is 2. The predicted octanol–water partition coefficient (Wildman–Crippen LogP) is 5.35. The van der Waals surface area contributed by atoms with E-state index in [1.165, 1.54) is 12.1 Å². The summed E-state index contributed by atoms with van der Waals surface area (Å²) in [6.45, 7) is 4.79. The number of halogens is 1. The number of benzene rings is 2. The van der Waals surface area contributed by atoms with Gasteiger partial charge in [-0.15, -0.1) is 0 Å². The molecule has 1 amide bonds. The van der Waals surface area contributed by atoms with Crippen molar-refractivity contribution < 1.29 is 14.7 Å². The first-order valence-corrected chi connectivity index (χ1v) is 9.23. The Morgan fingerprint density at radius 2 is 1.93 bits per heavy atom. The normalized spacial score (nSPS) is 10.9. The molecule has 0 aliphatic rings. The van der Waals surface area contributed by atoms with Gasteiger partial charge in [-0.1, -0.05) is 43.1 Å². The van der Waals surface area contributed by atoms with Gasteiger partial charge < -0.3 is 15.0 Å². The second-order valence-corrected chi connectivity index (χ2v) is 6.86. The number of carboxylic acid groups (broad SMARTS) is 1. The number of hydrogen-bond acceptors (Lipinski definition) is 2. The van der Waals surface area contributed by atoms with Crippen molar-refractivity contribution in [1.29, 1.82) is 0 Å². The van der Waals surface area contributed by atoms with Crippen LogP contribution in [0.15, 0.2) is 42.5 Å². The second kappa shape index (κ2) is 7.84. The minimum Gasteiger partial charge on any atom is -0.478 e. The third-order valence-corrected chi connectivity index (χ3v) is 4.96. The Bertz CT molecular complexity index is 1020. The van der Waals surface area contributed by atoms with Gasteiger partial charge in [-0.2, -0.15) is 0 Å². The first-order chi connectivity index (χ1) is 12.9. The van der Waals surface area contributed by atoms with Gasteiger partial charge >= 0.3 is 5.97 Å². The molecule has 3 rings (SSSR count). The summed E-state index contributed by atoms with van der Waals surface area (Å²) in [5.41, 5.74) is 2.88. The molecule has 1 aromatic heterocycles. The molecule has 0 radical (unpaired) electrons. The number of carboxylic acids is 1. The highest BCUT2D eigenvalue weighted by molar-refractivity contribution is 6.33. The van der Waals surface area contributed by atoms with Gasteiger partial charge in [0.1, 0.15) is 5.69 Å². The van der Waals surface area contributed by atoms with Crippen molar-refractivity contribution in [3.8, 4) is 0 Å². The van der Waals surface area contributed by atoms with Gasteiger partial charge in [0, 0.05) is 23.1 Å². The molecular formula is C21H21ClN2O3. The van der Waals surface area contributed by atoms with Crippen molar-refractivity contribution in [1.82, 2.24) is 4.57 Å². The summed E-state index contributed by atoms with van der Waals surface area (Å²) in [5.74, 6) is -1.40. The zero-order chi connectivity index (χ0) is 19.6. The van der Waals surface area contributed by atoms with E-state index in [4.69, 9.17) is 11.6 Å². The van der Waals surface area contributed by atoms with E-state index >= 15 is 0 Å². The number of nitrogens with zero attached hydrogens (tertiary/aromatic N) is 1. The average Bonchev–Trinajstić information content (AvgIpc) is 2.93. The highest BCUT2D eigenvalue weighted by atomic mass is 35.5. The number of aromatic carboxylic acids is 1. The number of nitrogens with one attached hydrogen (secondary N) is 1. The van der Waals surface area contributed by atoms with Crippen molar-refractivity contribution in [3.63, 3.8) is 0 Å². The number of unbranched alkanes of at least 4 members (excludes halogenated alkanes) is 1. The standard InChI is InChI=1S/C21H21ClN2O3/c1-3-4-11-24-18-8-6-5-7-15(18)13(2)19(24)20(25)23-14-9-10-17(22)16(12-14)21(26)27/h5-10,12H,3-4,11H2,1-2H3,(H,23,25)(H,26,27). The van der Waals surface area contributed by atoms with E-state index in [-0.39, 0.29) is 16.5 Å². The number of aromatic nitrogens is 1. The van der Waals surface area contributed by atoms with Crippen LogP contribution in [0.4, 0.5) is 5.69 Å². The molecule has 0 atom stereocenters. The van der Waals surface area contributed by atoms with E-state index in [0.29, 0.717) is 11.4 Å². The maximum Gasteiger partial charge on any atom is 0.337 e. The third kappa shape index (κ3) is 3.69. The van der Waals surface area contributed by atoms with Gasteiger partial charge in [-0.25, -0.2) is 4.79 Å². The second-order valence-electron chi connectivity index (χ2n) is 6.45. The summed E-state index contributed by atoms with van der Waals surface area (Å²) in [6, 6.07) is 12.4. The summed E-state index contributed by atoms with van der Waals surface area (Å²) >= 11 is 5.91. The SMILES string of the molecule is CCCCn1c(C(=O)Nc2ccc(Cl)c(C(=O)O)c2)c(C)c2ccccc21. The van der Waals surface area contributed by atoms with Crippen LogP contribution in [0.5, 0.6) is 0 Å².